The van der Waals surface area contributed by atoms with Gasteiger partial charge in [-0.2, -0.15) is 0 Å². The number of unbranched alkanes of at least 4 members (excludes halogenated alkanes) is 1. The van der Waals surface area contributed by atoms with E-state index < -0.39 is 11.8 Å². The van der Waals surface area contributed by atoms with Gasteiger partial charge in [-0.15, -0.1) is 0 Å². The number of nitrogens with zero attached hydrogens (tertiary/aromatic N) is 1. The fourth-order valence-corrected chi connectivity index (χ4v) is 3.39. The molecule has 1 saturated heterocycles. The van der Waals surface area contributed by atoms with E-state index in [-0.39, 0.29) is 6.42 Å². The van der Waals surface area contributed by atoms with Crippen molar-refractivity contribution in [2.45, 2.75) is 64.7 Å². The minimum atomic E-state index is -2.52. The molecular weight excluding hydrogens is 308 g/mol. The van der Waals surface area contributed by atoms with Crippen LogP contribution in [0.2, 0.25) is 0 Å². The predicted octanol–water partition coefficient (Wildman–Crippen LogP) is 4.42. The lowest BCUT2D eigenvalue weighted by Gasteiger charge is -2.22. The van der Waals surface area contributed by atoms with Gasteiger partial charge in [0.1, 0.15) is 5.82 Å². The first-order valence-corrected chi connectivity index (χ1v) is 9.46. The highest BCUT2D eigenvalue weighted by Crippen LogP contribution is 2.34. The first-order valence-electron chi connectivity index (χ1n) is 9.46. The molecule has 0 radical (unpaired) electrons. The molecule has 5 heteroatoms. The maximum Gasteiger partial charge on any atom is 0.252 e. The van der Waals surface area contributed by atoms with Crippen LogP contribution in [0.5, 0.6) is 0 Å². The Morgan fingerprint density at radius 1 is 1.21 bits per heavy atom. The minimum Gasteiger partial charge on any atom is -0.370 e. The van der Waals surface area contributed by atoms with Gasteiger partial charge in [-0.25, -0.2) is 13.8 Å². The number of hydrogen-bond donors (Lipinski definition) is 2. The van der Waals surface area contributed by atoms with Crippen LogP contribution in [0.1, 0.15) is 57.2 Å². The van der Waals surface area contributed by atoms with Gasteiger partial charge in [0, 0.05) is 31.1 Å². The smallest absolute Gasteiger partial charge is 0.252 e. The van der Waals surface area contributed by atoms with Gasteiger partial charge in [0.25, 0.3) is 5.92 Å². The molecule has 3 rings (SSSR count). The Morgan fingerprint density at radius 2 is 2.04 bits per heavy atom. The van der Waals surface area contributed by atoms with Crippen LogP contribution in [0.3, 0.4) is 0 Å². The van der Waals surface area contributed by atoms with Crippen LogP contribution in [-0.4, -0.2) is 30.5 Å². The van der Waals surface area contributed by atoms with E-state index in [1.54, 1.807) is 0 Å². The molecule has 2 N–H and O–H groups in total. The summed E-state index contributed by atoms with van der Waals surface area (Å²) in [5, 5.41) is 6.34. The summed E-state index contributed by atoms with van der Waals surface area (Å²) >= 11 is 0. The largest absolute Gasteiger partial charge is 0.370 e. The Hall–Kier alpha value is -1.23. The zero-order valence-corrected chi connectivity index (χ0v) is 15.0. The normalized spacial score (nSPS) is 19.9. The molecule has 3 nitrogen and oxygen atoms in total. The Morgan fingerprint density at radius 3 is 2.79 bits per heavy atom. The van der Waals surface area contributed by atoms with Gasteiger partial charge in [0.05, 0.1) is 0 Å². The van der Waals surface area contributed by atoms with E-state index in [1.807, 2.05) is 19.9 Å². The molecule has 1 aromatic rings. The third-order valence-corrected chi connectivity index (χ3v) is 4.80. The number of halogens is 2. The van der Waals surface area contributed by atoms with E-state index in [2.05, 4.69) is 21.7 Å². The molecule has 24 heavy (non-hydrogen) atoms. The first kappa shape index (κ1) is 19.1. The molecule has 0 amide bonds. The molecule has 2 aliphatic rings. The van der Waals surface area contributed by atoms with E-state index >= 15 is 0 Å². The van der Waals surface area contributed by atoms with Gasteiger partial charge in [-0.1, -0.05) is 19.9 Å². The summed E-state index contributed by atoms with van der Waals surface area (Å²) in [6, 6.07) is 4.17. The molecule has 1 aromatic heterocycles. The van der Waals surface area contributed by atoms with Crippen molar-refractivity contribution in [1.82, 2.24) is 10.3 Å². The molecule has 0 saturated carbocycles. The second kappa shape index (κ2) is 9.30. The van der Waals surface area contributed by atoms with Crippen molar-refractivity contribution in [3.05, 3.63) is 23.4 Å². The average molecular weight is 339 g/mol. The quantitative estimate of drug-likeness (QED) is 0.753. The maximum absolute atomic E-state index is 14.0. The molecule has 0 bridgehead atoms. The van der Waals surface area contributed by atoms with Crippen molar-refractivity contribution in [2.75, 3.05) is 25.0 Å². The topological polar surface area (TPSA) is 37.0 Å². The second-order valence-corrected chi connectivity index (χ2v) is 6.50. The zero-order valence-electron chi connectivity index (χ0n) is 15.0. The van der Waals surface area contributed by atoms with Crippen LogP contribution in [0.15, 0.2) is 12.1 Å². The van der Waals surface area contributed by atoms with Crippen LogP contribution in [-0.2, 0) is 12.8 Å². The van der Waals surface area contributed by atoms with Crippen molar-refractivity contribution in [2.24, 2.45) is 5.92 Å². The fraction of sp³-hybridized carbons (Fsp3) is 0.737. The standard InChI is InChI=1S/C17H25F2N3.C2H6/c18-17(19,14-8-11-20-12-14)9-2-1-5-15-7-6-13-4-3-10-21-16(13)22-15;1-2/h6-7,14,20H,1-5,8-12H2,(H,21,22);1-2H3. The SMILES string of the molecule is CC.FC(F)(CCCCc1ccc2c(n1)NCCC2)C1CCNC1. The van der Waals surface area contributed by atoms with E-state index in [1.165, 1.54) is 5.56 Å². The molecule has 1 atom stereocenters. The van der Waals surface area contributed by atoms with Gasteiger partial charge in [-0.3, -0.25) is 0 Å². The molecule has 2 aliphatic heterocycles. The highest BCUT2D eigenvalue weighted by atomic mass is 19.3. The van der Waals surface area contributed by atoms with Crippen LogP contribution < -0.4 is 10.6 Å². The number of pyridine rings is 1. The zero-order chi connectivity index (χ0) is 17.4. The number of fused-ring (bicyclic) bond motifs is 1. The molecule has 0 spiro atoms. The van der Waals surface area contributed by atoms with Crippen LogP contribution in [0.4, 0.5) is 14.6 Å². The van der Waals surface area contributed by atoms with E-state index in [9.17, 15) is 8.78 Å². The summed E-state index contributed by atoms with van der Waals surface area (Å²) in [6.45, 7) is 6.17. The summed E-state index contributed by atoms with van der Waals surface area (Å²) in [5.74, 6) is -2.00. The van der Waals surface area contributed by atoms with Gasteiger partial charge >= 0.3 is 0 Å². The van der Waals surface area contributed by atoms with E-state index in [0.717, 1.165) is 50.3 Å². The predicted molar refractivity (Wildman–Crippen MR) is 95.9 cm³/mol. The number of aromatic nitrogens is 1. The number of anilines is 1. The highest BCUT2D eigenvalue weighted by Gasteiger charge is 2.39. The van der Waals surface area contributed by atoms with Crippen molar-refractivity contribution in [3.63, 3.8) is 0 Å². The Balaban J connectivity index is 0.00000100. The van der Waals surface area contributed by atoms with E-state index in [4.69, 9.17) is 0 Å². The van der Waals surface area contributed by atoms with Crippen LogP contribution >= 0.6 is 0 Å². The van der Waals surface area contributed by atoms with Crippen LogP contribution in [0.25, 0.3) is 0 Å². The molecule has 1 fully saturated rings. The van der Waals surface area contributed by atoms with Crippen molar-refractivity contribution < 1.29 is 8.78 Å². The average Bonchev–Trinajstić information content (AvgIpc) is 3.16. The molecule has 1 unspecified atom stereocenters. The van der Waals surface area contributed by atoms with Crippen molar-refractivity contribution >= 4 is 5.82 Å². The number of alkyl halides is 2. The molecule has 0 aromatic carbocycles. The lowest BCUT2D eigenvalue weighted by molar-refractivity contribution is -0.0597. The molecular formula is C19H31F2N3. The fourth-order valence-electron chi connectivity index (χ4n) is 3.39. The lowest BCUT2D eigenvalue weighted by atomic mass is 9.95. The van der Waals surface area contributed by atoms with Gasteiger partial charge < -0.3 is 10.6 Å². The van der Waals surface area contributed by atoms with E-state index in [0.29, 0.717) is 19.4 Å². The molecule has 0 aliphatic carbocycles. The first-order chi connectivity index (χ1) is 11.6. The Kier molecular flexibility index (Phi) is 7.40. The summed E-state index contributed by atoms with van der Waals surface area (Å²) in [7, 11) is 0. The number of aryl methyl sites for hydroxylation is 2. The Labute approximate surface area is 144 Å². The van der Waals surface area contributed by atoms with Gasteiger partial charge in [0.15, 0.2) is 0 Å². The summed E-state index contributed by atoms with van der Waals surface area (Å²) in [6.07, 6.45) is 4.97. The summed E-state index contributed by atoms with van der Waals surface area (Å²) < 4.78 is 28.0. The summed E-state index contributed by atoms with van der Waals surface area (Å²) in [4.78, 5) is 4.62. The number of nitrogens with one attached hydrogen (secondary N) is 2. The van der Waals surface area contributed by atoms with Crippen molar-refractivity contribution in [1.29, 1.82) is 0 Å². The molecule has 136 valence electrons. The molecule has 3 heterocycles. The summed E-state index contributed by atoms with van der Waals surface area (Å²) in [5.41, 5.74) is 2.29. The third kappa shape index (κ3) is 5.13. The van der Waals surface area contributed by atoms with Crippen LogP contribution in [0, 0.1) is 5.92 Å². The van der Waals surface area contributed by atoms with Gasteiger partial charge in [-0.05, 0) is 56.7 Å². The van der Waals surface area contributed by atoms with Gasteiger partial charge in [0.2, 0.25) is 0 Å². The Bertz CT molecular complexity index is 499. The lowest BCUT2D eigenvalue weighted by Crippen LogP contribution is -2.29. The maximum atomic E-state index is 14.0. The monoisotopic (exact) mass is 339 g/mol. The van der Waals surface area contributed by atoms with Crippen molar-refractivity contribution in [3.8, 4) is 0 Å². The second-order valence-electron chi connectivity index (χ2n) is 6.50. The minimum absolute atomic E-state index is 0.00252. The highest BCUT2D eigenvalue weighted by molar-refractivity contribution is 5.46. The number of rotatable bonds is 6. The third-order valence-electron chi connectivity index (χ3n) is 4.80. The number of hydrogen-bond acceptors (Lipinski definition) is 3.